The van der Waals surface area contributed by atoms with E-state index in [0.29, 0.717) is 6.42 Å². The summed E-state index contributed by atoms with van der Waals surface area (Å²) in [4.78, 5) is 10.1. The molecule has 1 fully saturated rings. The second-order valence-electron chi connectivity index (χ2n) is 1.67. The van der Waals surface area contributed by atoms with E-state index in [-0.39, 0.29) is 5.91 Å². The lowest BCUT2D eigenvalue weighted by Gasteiger charge is -1.83. The second kappa shape index (κ2) is 4.23. The molecule has 4 N–H and O–H groups in total. The van der Waals surface area contributed by atoms with Crippen LogP contribution in [0.2, 0.25) is 0 Å². The average molecular weight is 184 g/mol. The molecule has 1 rings (SSSR count). The summed E-state index contributed by atoms with van der Waals surface area (Å²) in [5.41, 5.74) is 5.10. The first-order chi connectivity index (χ1) is 4.89. The van der Waals surface area contributed by atoms with Crippen LogP contribution in [0.1, 0.15) is 6.42 Å². The average Bonchev–Trinajstić information content (AvgIpc) is 2.12. The minimum Gasteiger partial charge on any atom is -0.292 e. The van der Waals surface area contributed by atoms with Gasteiger partial charge in [0.2, 0.25) is 5.91 Å². The van der Waals surface area contributed by atoms with Gasteiger partial charge in [0.1, 0.15) is 0 Å². The van der Waals surface area contributed by atoms with Gasteiger partial charge in [-0.2, -0.15) is 8.42 Å². The SMILES string of the molecule is O=C1CCNN1.O=S(=O)(O)O. The van der Waals surface area contributed by atoms with Crippen LogP contribution in [-0.2, 0) is 15.2 Å². The molecule has 0 atom stereocenters. The van der Waals surface area contributed by atoms with Crippen molar-refractivity contribution in [3.63, 3.8) is 0 Å². The molecule has 0 radical (unpaired) electrons. The maximum absolute atomic E-state index is 10.1. The predicted molar refractivity (Wildman–Crippen MR) is 34.9 cm³/mol. The fraction of sp³-hybridized carbons (Fsp3) is 0.667. The van der Waals surface area contributed by atoms with Gasteiger partial charge in [0, 0.05) is 13.0 Å². The predicted octanol–water partition coefficient (Wildman–Crippen LogP) is -1.64. The lowest BCUT2D eigenvalue weighted by molar-refractivity contribution is -0.119. The lowest BCUT2D eigenvalue weighted by atomic mass is 10.5. The molecule has 0 saturated carbocycles. The highest BCUT2D eigenvalue weighted by Crippen LogP contribution is 1.79. The molecule has 1 aliphatic rings. The molecule has 66 valence electrons. The molecule has 11 heavy (non-hydrogen) atoms. The Hall–Kier alpha value is -0.700. The third-order valence-corrected chi connectivity index (χ3v) is 0.705. The van der Waals surface area contributed by atoms with Gasteiger partial charge in [0.25, 0.3) is 0 Å². The summed E-state index contributed by atoms with van der Waals surface area (Å²) in [6.45, 7) is 0.777. The van der Waals surface area contributed by atoms with Gasteiger partial charge >= 0.3 is 10.4 Å². The van der Waals surface area contributed by atoms with Crippen LogP contribution in [0, 0.1) is 0 Å². The van der Waals surface area contributed by atoms with Crippen LogP contribution in [0.15, 0.2) is 0 Å². The van der Waals surface area contributed by atoms with Gasteiger partial charge in [-0.15, -0.1) is 0 Å². The summed E-state index contributed by atoms with van der Waals surface area (Å²) in [5, 5.41) is 0. The van der Waals surface area contributed by atoms with Crippen molar-refractivity contribution in [2.24, 2.45) is 0 Å². The molecule has 1 aliphatic heterocycles. The lowest BCUT2D eigenvalue weighted by Crippen LogP contribution is -2.25. The minimum atomic E-state index is -4.67. The largest absolute Gasteiger partial charge is 0.394 e. The zero-order valence-corrected chi connectivity index (χ0v) is 6.26. The van der Waals surface area contributed by atoms with Crippen molar-refractivity contribution in [3.8, 4) is 0 Å². The van der Waals surface area contributed by atoms with Crippen LogP contribution < -0.4 is 10.9 Å². The van der Waals surface area contributed by atoms with Crippen molar-refractivity contribution in [3.05, 3.63) is 0 Å². The number of hydrogen-bond acceptors (Lipinski definition) is 4. The number of amides is 1. The maximum Gasteiger partial charge on any atom is 0.394 e. The molecular weight excluding hydrogens is 176 g/mol. The Labute approximate surface area is 63.3 Å². The van der Waals surface area contributed by atoms with Gasteiger partial charge in [0.15, 0.2) is 0 Å². The highest BCUT2D eigenvalue weighted by Gasteiger charge is 2.04. The Bertz CT molecular complexity index is 206. The highest BCUT2D eigenvalue weighted by molar-refractivity contribution is 7.79. The van der Waals surface area contributed by atoms with Crippen LogP contribution in [0.4, 0.5) is 0 Å². The Kier molecular flexibility index (Phi) is 3.97. The zero-order valence-electron chi connectivity index (χ0n) is 5.44. The molecule has 1 saturated heterocycles. The fourth-order valence-electron chi connectivity index (χ4n) is 0.400. The molecule has 0 aromatic heterocycles. The molecule has 0 aromatic carbocycles. The normalized spacial score (nSPS) is 16.7. The standard InChI is InChI=1S/C3H6N2O.H2O4S/c6-3-1-2-4-5-3;1-5(2,3)4/h4H,1-2H2,(H,5,6);(H2,1,2,3,4). The highest BCUT2D eigenvalue weighted by atomic mass is 32.3. The Morgan fingerprint density at radius 3 is 1.91 bits per heavy atom. The van der Waals surface area contributed by atoms with Gasteiger partial charge in [-0.05, 0) is 0 Å². The quantitative estimate of drug-likeness (QED) is 0.335. The number of rotatable bonds is 0. The van der Waals surface area contributed by atoms with Gasteiger partial charge in [-0.3, -0.25) is 19.3 Å². The summed E-state index contributed by atoms with van der Waals surface area (Å²) >= 11 is 0. The van der Waals surface area contributed by atoms with Crippen molar-refractivity contribution >= 4 is 16.3 Å². The molecule has 7 nitrogen and oxygen atoms in total. The van der Waals surface area contributed by atoms with Gasteiger partial charge in [-0.1, -0.05) is 0 Å². The van der Waals surface area contributed by atoms with E-state index in [0.717, 1.165) is 6.54 Å². The molecular formula is C3H8N2O5S. The smallest absolute Gasteiger partial charge is 0.292 e. The van der Waals surface area contributed by atoms with Crippen LogP contribution in [0.5, 0.6) is 0 Å². The fourth-order valence-corrected chi connectivity index (χ4v) is 0.400. The van der Waals surface area contributed by atoms with Crippen LogP contribution in [0.3, 0.4) is 0 Å². The molecule has 0 aliphatic carbocycles. The summed E-state index contributed by atoms with van der Waals surface area (Å²) in [7, 11) is -4.67. The first-order valence-corrected chi connectivity index (χ1v) is 4.01. The van der Waals surface area contributed by atoms with E-state index in [9.17, 15) is 4.79 Å². The van der Waals surface area contributed by atoms with E-state index in [2.05, 4.69) is 10.9 Å². The van der Waals surface area contributed by atoms with Crippen molar-refractivity contribution in [2.75, 3.05) is 6.54 Å². The Morgan fingerprint density at radius 1 is 1.36 bits per heavy atom. The monoisotopic (exact) mass is 184 g/mol. The van der Waals surface area contributed by atoms with E-state index < -0.39 is 10.4 Å². The van der Waals surface area contributed by atoms with Crippen molar-refractivity contribution < 1.29 is 22.3 Å². The van der Waals surface area contributed by atoms with Crippen molar-refractivity contribution in [2.45, 2.75) is 6.42 Å². The van der Waals surface area contributed by atoms with E-state index in [1.807, 2.05) is 0 Å². The summed E-state index contributed by atoms with van der Waals surface area (Å²) in [6.07, 6.45) is 0.625. The first-order valence-electron chi connectivity index (χ1n) is 2.61. The van der Waals surface area contributed by atoms with Gasteiger partial charge in [-0.25, -0.2) is 5.43 Å². The molecule has 1 heterocycles. The second-order valence-corrected chi connectivity index (χ2v) is 2.57. The molecule has 0 bridgehead atoms. The number of hydrogen-bond donors (Lipinski definition) is 4. The summed E-state index contributed by atoms with van der Waals surface area (Å²) in [5.74, 6) is 0.0926. The van der Waals surface area contributed by atoms with E-state index in [4.69, 9.17) is 17.5 Å². The molecule has 0 aromatic rings. The third kappa shape index (κ3) is 12.5. The minimum absolute atomic E-state index is 0.0926. The number of nitrogens with one attached hydrogen (secondary N) is 2. The molecule has 8 heteroatoms. The van der Waals surface area contributed by atoms with Crippen molar-refractivity contribution in [1.29, 1.82) is 0 Å². The van der Waals surface area contributed by atoms with Crippen LogP contribution in [0.25, 0.3) is 0 Å². The Morgan fingerprint density at radius 2 is 1.82 bits per heavy atom. The number of hydrazine groups is 1. The third-order valence-electron chi connectivity index (χ3n) is 0.705. The van der Waals surface area contributed by atoms with Crippen molar-refractivity contribution in [1.82, 2.24) is 10.9 Å². The summed E-state index contributed by atoms with van der Waals surface area (Å²) in [6, 6.07) is 0. The van der Waals surface area contributed by atoms with Crippen LogP contribution >= 0.6 is 0 Å². The summed E-state index contributed by atoms with van der Waals surface area (Å²) < 4.78 is 31.6. The first kappa shape index (κ1) is 10.3. The van der Waals surface area contributed by atoms with Crippen LogP contribution in [-0.4, -0.2) is 30.0 Å². The number of carbonyl (C=O) groups is 1. The van der Waals surface area contributed by atoms with E-state index >= 15 is 0 Å². The molecule has 0 unspecified atom stereocenters. The van der Waals surface area contributed by atoms with Gasteiger partial charge < -0.3 is 0 Å². The Balaban J connectivity index is 0.000000187. The molecule has 1 amide bonds. The zero-order chi connectivity index (χ0) is 8.91. The molecule has 0 spiro atoms. The topological polar surface area (TPSA) is 116 Å². The van der Waals surface area contributed by atoms with Gasteiger partial charge in [0.05, 0.1) is 0 Å². The van der Waals surface area contributed by atoms with E-state index in [1.54, 1.807) is 0 Å². The number of carbonyl (C=O) groups excluding carboxylic acids is 1. The van der Waals surface area contributed by atoms with E-state index in [1.165, 1.54) is 0 Å². The maximum atomic E-state index is 10.1.